The van der Waals surface area contributed by atoms with E-state index in [0.29, 0.717) is 13.0 Å². The Hall–Kier alpha value is -0.393. The molecule has 0 spiro atoms. The first kappa shape index (κ1) is 13.0. The Bertz CT molecular complexity index is 324. The summed E-state index contributed by atoms with van der Waals surface area (Å²) in [5.41, 5.74) is 0. The van der Waals surface area contributed by atoms with Crippen molar-refractivity contribution in [2.24, 2.45) is 0 Å². The molecule has 1 amide bonds. The molecule has 0 unspecified atom stereocenters. The van der Waals surface area contributed by atoms with Crippen molar-refractivity contribution < 1.29 is 14.0 Å². The number of rotatable bonds is 3. The van der Waals surface area contributed by atoms with E-state index in [2.05, 4.69) is 39.2 Å². The molecular formula is C12H23NO3Si. The van der Waals surface area contributed by atoms with Gasteiger partial charge in [0.25, 0.3) is 0 Å². The number of ether oxygens (including phenoxy) is 1. The number of piperidine rings is 1. The standard InChI is InChI=1S/C12H23NO3Si/c1-12(2,3)17(4,5)15-7-8-11-9(16-11)6-10(14)13-8/h8-9,11H,6-7H2,1-5H3,(H,13,14)/t8-,9+,11-/m1/s1. The molecule has 17 heavy (non-hydrogen) atoms. The lowest BCUT2D eigenvalue weighted by atomic mass is 10.1. The van der Waals surface area contributed by atoms with Crippen LogP contribution in [0.2, 0.25) is 18.1 Å². The minimum Gasteiger partial charge on any atom is -0.415 e. The third-order valence-electron chi connectivity index (χ3n) is 4.18. The number of nitrogens with one attached hydrogen (secondary N) is 1. The van der Waals surface area contributed by atoms with Crippen LogP contribution in [0.3, 0.4) is 0 Å². The zero-order valence-electron chi connectivity index (χ0n) is 11.4. The smallest absolute Gasteiger partial charge is 0.223 e. The second-order valence-electron chi connectivity index (χ2n) is 6.59. The molecule has 2 heterocycles. The molecule has 2 aliphatic rings. The minimum atomic E-state index is -1.73. The van der Waals surface area contributed by atoms with E-state index >= 15 is 0 Å². The van der Waals surface area contributed by atoms with Gasteiger partial charge in [0, 0.05) is 0 Å². The van der Waals surface area contributed by atoms with Gasteiger partial charge in [0.1, 0.15) is 6.10 Å². The van der Waals surface area contributed by atoms with Gasteiger partial charge in [0.2, 0.25) is 5.91 Å². The van der Waals surface area contributed by atoms with Gasteiger partial charge in [-0.3, -0.25) is 4.79 Å². The summed E-state index contributed by atoms with van der Waals surface area (Å²) in [6.45, 7) is 11.7. The predicted molar refractivity (Wildman–Crippen MR) is 68.4 cm³/mol. The Morgan fingerprint density at radius 3 is 2.71 bits per heavy atom. The summed E-state index contributed by atoms with van der Waals surface area (Å²) in [5, 5.41) is 3.17. The summed E-state index contributed by atoms with van der Waals surface area (Å²) in [6.07, 6.45) is 0.857. The first-order valence-corrected chi connectivity index (χ1v) is 9.20. The number of fused-ring (bicyclic) bond motifs is 1. The van der Waals surface area contributed by atoms with Gasteiger partial charge in [-0.2, -0.15) is 0 Å². The van der Waals surface area contributed by atoms with Crippen molar-refractivity contribution in [1.82, 2.24) is 5.32 Å². The summed E-state index contributed by atoms with van der Waals surface area (Å²) in [6, 6.07) is 0.0513. The maximum atomic E-state index is 11.4. The van der Waals surface area contributed by atoms with Crippen molar-refractivity contribution in [3.63, 3.8) is 0 Å². The highest BCUT2D eigenvalue weighted by Crippen LogP contribution is 2.38. The normalized spacial score (nSPS) is 33.0. The van der Waals surface area contributed by atoms with Crippen LogP contribution in [0.5, 0.6) is 0 Å². The molecule has 2 aliphatic heterocycles. The molecular weight excluding hydrogens is 234 g/mol. The Labute approximate surface area is 104 Å². The molecule has 2 fully saturated rings. The maximum Gasteiger partial charge on any atom is 0.223 e. The summed E-state index contributed by atoms with van der Waals surface area (Å²) in [5.74, 6) is 0.0904. The van der Waals surface area contributed by atoms with E-state index in [1.807, 2.05) is 0 Å². The third-order valence-corrected chi connectivity index (χ3v) is 8.68. The van der Waals surface area contributed by atoms with Crippen LogP contribution >= 0.6 is 0 Å². The van der Waals surface area contributed by atoms with Gasteiger partial charge >= 0.3 is 0 Å². The van der Waals surface area contributed by atoms with Crippen LogP contribution in [0, 0.1) is 0 Å². The number of amides is 1. The highest BCUT2D eigenvalue weighted by molar-refractivity contribution is 6.74. The molecule has 2 rings (SSSR count). The lowest BCUT2D eigenvalue weighted by Crippen LogP contribution is -2.50. The van der Waals surface area contributed by atoms with Crippen LogP contribution in [0.15, 0.2) is 0 Å². The summed E-state index contributed by atoms with van der Waals surface area (Å²) in [4.78, 5) is 11.4. The molecule has 5 heteroatoms. The first-order valence-electron chi connectivity index (χ1n) is 6.29. The Balaban J connectivity index is 1.88. The fourth-order valence-corrected chi connectivity index (χ4v) is 2.89. The highest BCUT2D eigenvalue weighted by Gasteiger charge is 2.51. The molecule has 1 N–H and O–H groups in total. The van der Waals surface area contributed by atoms with E-state index in [1.165, 1.54) is 0 Å². The molecule has 4 nitrogen and oxygen atoms in total. The van der Waals surface area contributed by atoms with E-state index in [9.17, 15) is 4.79 Å². The van der Waals surface area contributed by atoms with Gasteiger partial charge in [0.05, 0.1) is 25.2 Å². The largest absolute Gasteiger partial charge is 0.415 e. The molecule has 3 atom stereocenters. The molecule has 0 aromatic carbocycles. The lowest BCUT2D eigenvalue weighted by molar-refractivity contribution is -0.122. The van der Waals surface area contributed by atoms with Gasteiger partial charge in [-0.25, -0.2) is 0 Å². The van der Waals surface area contributed by atoms with E-state index in [0.717, 1.165) is 0 Å². The third kappa shape index (κ3) is 2.72. The lowest BCUT2D eigenvalue weighted by Gasteiger charge is -2.37. The number of epoxide rings is 1. The van der Waals surface area contributed by atoms with Gasteiger partial charge in [-0.1, -0.05) is 20.8 Å². The van der Waals surface area contributed by atoms with Gasteiger partial charge in [-0.15, -0.1) is 0 Å². The van der Waals surface area contributed by atoms with Crippen LogP contribution in [0.25, 0.3) is 0 Å². The summed E-state index contributed by atoms with van der Waals surface area (Å²) < 4.78 is 11.6. The van der Waals surface area contributed by atoms with E-state index in [4.69, 9.17) is 9.16 Å². The Morgan fingerprint density at radius 2 is 2.12 bits per heavy atom. The number of carbonyl (C=O) groups is 1. The van der Waals surface area contributed by atoms with Crippen molar-refractivity contribution in [1.29, 1.82) is 0 Å². The van der Waals surface area contributed by atoms with Gasteiger partial charge in [-0.05, 0) is 18.1 Å². The maximum absolute atomic E-state index is 11.4. The molecule has 0 radical (unpaired) electrons. The average Bonchev–Trinajstić information content (AvgIpc) is 2.90. The summed E-state index contributed by atoms with van der Waals surface area (Å²) in [7, 11) is -1.73. The molecule has 0 saturated carbocycles. The molecule has 0 aromatic heterocycles. The second kappa shape index (κ2) is 4.07. The van der Waals surface area contributed by atoms with Gasteiger partial charge in [0.15, 0.2) is 8.32 Å². The van der Waals surface area contributed by atoms with Gasteiger partial charge < -0.3 is 14.5 Å². The Morgan fingerprint density at radius 1 is 1.47 bits per heavy atom. The molecule has 98 valence electrons. The van der Waals surface area contributed by atoms with Crippen molar-refractivity contribution in [2.45, 2.75) is 63.6 Å². The van der Waals surface area contributed by atoms with Crippen molar-refractivity contribution in [2.75, 3.05) is 6.61 Å². The first-order chi connectivity index (χ1) is 7.71. The van der Waals surface area contributed by atoms with E-state index in [1.54, 1.807) is 0 Å². The number of hydrogen-bond acceptors (Lipinski definition) is 3. The number of carbonyl (C=O) groups excluding carboxylic acids is 1. The highest BCUT2D eigenvalue weighted by atomic mass is 28.4. The van der Waals surface area contributed by atoms with Crippen molar-refractivity contribution >= 4 is 14.2 Å². The van der Waals surface area contributed by atoms with Crippen LogP contribution in [0.4, 0.5) is 0 Å². The average molecular weight is 257 g/mol. The fraction of sp³-hybridized carbons (Fsp3) is 0.917. The second-order valence-corrected chi connectivity index (χ2v) is 11.4. The number of hydrogen-bond donors (Lipinski definition) is 1. The molecule has 0 aliphatic carbocycles. The van der Waals surface area contributed by atoms with Crippen LogP contribution in [-0.4, -0.2) is 39.1 Å². The SMILES string of the molecule is CC(C)(C)[Si](C)(C)OC[C@H]1NC(=O)C[C@@H]2O[C@@H]21. The topological polar surface area (TPSA) is 50.9 Å². The summed E-state index contributed by atoms with van der Waals surface area (Å²) >= 11 is 0. The minimum absolute atomic E-state index is 0.0513. The van der Waals surface area contributed by atoms with Crippen LogP contribution in [-0.2, 0) is 14.0 Å². The van der Waals surface area contributed by atoms with Crippen molar-refractivity contribution in [3.8, 4) is 0 Å². The predicted octanol–water partition coefficient (Wildman–Crippen LogP) is 1.66. The van der Waals surface area contributed by atoms with E-state index in [-0.39, 0.29) is 29.2 Å². The monoisotopic (exact) mass is 257 g/mol. The quantitative estimate of drug-likeness (QED) is 0.618. The molecule has 2 saturated heterocycles. The Kier molecular flexibility index (Phi) is 3.12. The molecule has 0 aromatic rings. The van der Waals surface area contributed by atoms with Crippen LogP contribution in [0.1, 0.15) is 27.2 Å². The van der Waals surface area contributed by atoms with E-state index < -0.39 is 8.32 Å². The molecule has 0 bridgehead atoms. The zero-order chi connectivity index (χ0) is 12.8. The zero-order valence-corrected chi connectivity index (χ0v) is 12.4. The fourth-order valence-electron chi connectivity index (χ4n) is 1.86. The van der Waals surface area contributed by atoms with Crippen molar-refractivity contribution in [3.05, 3.63) is 0 Å². The van der Waals surface area contributed by atoms with Crippen LogP contribution < -0.4 is 5.32 Å².